The summed E-state index contributed by atoms with van der Waals surface area (Å²) in [6.45, 7) is 0. The fourth-order valence-electron chi connectivity index (χ4n) is 1.76. The number of hydrazine groups is 1. The molecule has 0 bridgehead atoms. The van der Waals surface area contributed by atoms with Crippen molar-refractivity contribution in [2.45, 2.75) is 18.9 Å². The van der Waals surface area contributed by atoms with E-state index in [1.54, 1.807) is 0 Å². The number of aliphatic imine (C=N–C) groups is 1. The van der Waals surface area contributed by atoms with Crippen molar-refractivity contribution in [2.75, 3.05) is 0 Å². The van der Waals surface area contributed by atoms with Gasteiger partial charge in [0.25, 0.3) is 0 Å². The van der Waals surface area contributed by atoms with Crippen LogP contribution in [0, 0.1) is 0 Å². The lowest BCUT2D eigenvalue weighted by molar-refractivity contribution is 0.964. The third kappa shape index (κ3) is 2.12. The number of amidine groups is 1. The highest BCUT2D eigenvalue weighted by Crippen LogP contribution is 2.24. The smallest absolute Gasteiger partial charge is 0.161 e. The van der Waals surface area contributed by atoms with Gasteiger partial charge >= 0.3 is 0 Å². The first-order valence-corrected chi connectivity index (χ1v) is 5.77. The summed E-state index contributed by atoms with van der Waals surface area (Å²) in [7, 11) is 0. The maximum absolute atomic E-state index is 5.50. The third-order valence-electron chi connectivity index (χ3n) is 2.84. The van der Waals surface area contributed by atoms with Gasteiger partial charge in [0.05, 0.1) is 11.6 Å². The molecular formula is C13H14N4. The fourth-order valence-corrected chi connectivity index (χ4v) is 1.76. The van der Waals surface area contributed by atoms with Gasteiger partial charge in [0.1, 0.15) is 5.69 Å². The second kappa shape index (κ2) is 4.14. The van der Waals surface area contributed by atoms with Crippen LogP contribution in [0.1, 0.15) is 18.5 Å². The molecule has 4 nitrogen and oxygen atoms in total. The molecule has 17 heavy (non-hydrogen) atoms. The molecule has 0 saturated heterocycles. The minimum Gasteiger partial charge on any atom is -0.307 e. The summed E-state index contributed by atoms with van der Waals surface area (Å²) in [6, 6.07) is 12.4. The average molecular weight is 226 g/mol. The summed E-state index contributed by atoms with van der Waals surface area (Å²) in [5.74, 6) is 6.18. The number of pyridine rings is 1. The minimum atomic E-state index is 0.425. The van der Waals surface area contributed by atoms with Crippen LogP contribution in [0.2, 0.25) is 0 Å². The summed E-state index contributed by atoms with van der Waals surface area (Å²) >= 11 is 0. The first-order valence-electron chi connectivity index (χ1n) is 5.77. The van der Waals surface area contributed by atoms with Crippen LogP contribution in [0.4, 0.5) is 0 Å². The van der Waals surface area contributed by atoms with Crippen LogP contribution in [0.5, 0.6) is 0 Å². The zero-order valence-corrected chi connectivity index (χ0v) is 9.43. The zero-order chi connectivity index (χ0) is 11.7. The Morgan fingerprint density at radius 3 is 2.82 bits per heavy atom. The first kappa shape index (κ1) is 10.2. The first-order chi connectivity index (χ1) is 8.36. The number of fused-ring (bicyclic) bond motifs is 1. The maximum Gasteiger partial charge on any atom is 0.161 e. The van der Waals surface area contributed by atoms with Crippen LogP contribution >= 0.6 is 0 Å². The van der Waals surface area contributed by atoms with Gasteiger partial charge in [0.2, 0.25) is 0 Å². The Balaban J connectivity index is 2.04. The monoisotopic (exact) mass is 226 g/mol. The van der Waals surface area contributed by atoms with Crippen molar-refractivity contribution in [1.82, 2.24) is 10.4 Å². The zero-order valence-electron chi connectivity index (χ0n) is 9.43. The van der Waals surface area contributed by atoms with Crippen molar-refractivity contribution in [1.29, 1.82) is 0 Å². The van der Waals surface area contributed by atoms with Gasteiger partial charge in [-0.1, -0.05) is 24.3 Å². The van der Waals surface area contributed by atoms with E-state index >= 15 is 0 Å². The van der Waals surface area contributed by atoms with Crippen molar-refractivity contribution in [3.05, 3.63) is 42.1 Å². The molecule has 86 valence electrons. The summed E-state index contributed by atoms with van der Waals surface area (Å²) in [5.41, 5.74) is 4.41. The topological polar surface area (TPSA) is 63.3 Å². The van der Waals surface area contributed by atoms with Crippen LogP contribution in [0.25, 0.3) is 10.9 Å². The highest BCUT2D eigenvalue weighted by atomic mass is 15.3. The van der Waals surface area contributed by atoms with Gasteiger partial charge in [0, 0.05) is 5.39 Å². The van der Waals surface area contributed by atoms with E-state index in [1.165, 1.54) is 0 Å². The van der Waals surface area contributed by atoms with Crippen molar-refractivity contribution < 1.29 is 0 Å². The molecular weight excluding hydrogens is 212 g/mol. The summed E-state index contributed by atoms with van der Waals surface area (Å²) < 4.78 is 0. The molecule has 0 amide bonds. The molecule has 1 fully saturated rings. The van der Waals surface area contributed by atoms with Crippen LogP contribution < -0.4 is 11.3 Å². The SMILES string of the molecule is NNC(=NC1CC1)c1ccc2ccccc2n1. The lowest BCUT2D eigenvalue weighted by atomic mass is 10.2. The van der Waals surface area contributed by atoms with Gasteiger partial charge in [-0.25, -0.2) is 10.8 Å². The van der Waals surface area contributed by atoms with Gasteiger partial charge in [-0.05, 0) is 25.0 Å². The Morgan fingerprint density at radius 1 is 1.24 bits per heavy atom. The lowest BCUT2D eigenvalue weighted by Crippen LogP contribution is -2.32. The number of benzene rings is 1. The molecule has 1 aromatic heterocycles. The molecule has 1 aliphatic carbocycles. The standard InChI is InChI=1S/C13H14N4/c14-17-13(15-10-6-7-10)12-8-5-9-3-1-2-4-11(9)16-12/h1-5,8,10H,6-7,14H2,(H,15,17). The predicted octanol–water partition coefficient (Wildman–Crippen LogP) is 1.61. The molecule has 3 N–H and O–H groups in total. The number of nitrogens with zero attached hydrogens (tertiary/aromatic N) is 2. The second-order valence-corrected chi connectivity index (χ2v) is 4.24. The van der Waals surface area contributed by atoms with Gasteiger partial charge in [-0.3, -0.25) is 4.99 Å². The number of hydrogen-bond donors (Lipinski definition) is 2. The molecule has 2 aromatic rings. The number of aromatic nitrogens is 1. The molecule has 0 atom stereocenters. The largest absolute Gasteiger partial charge is 0.307 e. The Hall–Kier alpha value is -1.94. The molecule has 1 aliphatic rings. The Bertz CT molecular complexity index is 572. The van der Waals surface area contributed by atoms with Gasteiger partial charge in [-0.2, -0.15) is 0 Å². The quantitative estimate of drug-likeness (QED) is 0.354. The van der Waals surface area contributed by atoms with E-state index in [1.807, 2.05) is 36.4 Å². The Kier molecular flexibility index (Phi) is 2.49. The second-order valence-electron chi connectivity index (χ2n) is 4.24. The van der Waals surface area contributed by atoms with E-state index in [-0.39, 0.29) is 0 Å². The summed E-state index contributed by atoms with van der Waals surface area (Å²) in [6.07, 6.45) is 2.30. The highest BCUT2D eigenvalue weighted by molar-refractivity contribution is 5.98. The van der Waals surface area contributed by atoms with E-state index in [2.05, 4.69) is 15.4 Å². The molecule has 1 saturated carbocycles. The maximum atomic E-state index is 5.50. The highest BCUT2D eigenvalue weighted by Gasteiger charge is 2.21. The van der Waals surface area contributed by atoms with E-state index in [4.69, 9.17) is 5.84 Å². The van der Waals surface area contributed by atoms with Crippen LogP contribution in [0.3, 0.4) is 0 Å². The van der Waals surface area contributed by atoms with Crippen LogP contribution in [-0.4, -0.2) is 16.9 Å². The molecule has 0 unspecified atom stereocenters. The molecule has 3 rings (SSSR count). The van der Waals surface area contributed by atoms with Crippen LogP contribution in [-0.2, 0) is 0 Å². The van der Waals surface area contributed by atoms with E-state index in [0.717, 1.165) is 29.4 Å². The molecule has 1 aromatic carbocycles. The van der Waals surface area contributed by atoms with Gasteiger partial charge in [0.15, 0.2) is 5.84 Å². The number of nitrogens with one attached hydrogen (secondary N) is 1. The molecule has 1 heterocycles. The normalized spacial score (nSPS) is 16.2. The fraction of sp³-hybridized carbons (Fsp3) is 0.231. The number of rotatable bonds is 2. The van der Waals surface area contributed by atoms with Crippen molar-refractivity contribution in [3.8, 4) is 0 Å². The van der Waals surface area contributed by atoms with E-state index in [9.17, 15) is 0 Å². The third-order valence-corrected chi connectivity index (χ3v) is 2.84. The molecule has 0 spiro atoms. The van der Waals surface area contributed by atoms with E-state index in [0.29, 0.717) is 11.9 Å². The molecule has 0 radical (unpaired) electrons. The predicted molar refractivity (Wildman–Crippen MR) is 68.6 cm³/mol. The van der Waals surface area contributed by atoms with Crippen molar-refractivity contribution in [3.63, 3.8) is 0 Å². The molecule has 0 aliphatic heterocycles. The van der Waals surface area contributed by atoms with Crippen molar-refractivity contribution in [2.24, 2.45) is 10.8 Å². The Labute approximate surface area is 99.5 Å². The van der Waals surface area contributed by atoms with Gasteiger partial charge in [-0.15, -0.1) is 0 Å². The van der Waals surface area contributed by atoms with E-state index < -0.39 is 0 Å². The number of nitrogens with two attached hydrogens (primary N) is 1. The van der Waals surface area contributed by atoms with Gasteiger partial charge < -0.3 is 5.43 Å². The summed E-state index contributed by atoms with van der Waals surface area (Å²) in [5, 5.41) is 1.12. The number of para-hydroxylation sites is 1. The average Bonchev–Trinajstić information content (AvgIpc) is 3.19. The Morgan fingerprint density at radius 2 is 2.06 bits per heavy atom. The lowest BCUT2D eigenvalue weighted by Gasteiger charge is -2.06. The number of hydrogen-bond acceptors (Lipinski definition) is 3. The summed E-state index contributed by atoms with van der Waals surface area (Å²) in [4.78, 5) is 9.06. The minimum absolute atomic E-state index is 0.425. The van der Waals surface area contributed by atoms with Crippen LogP contribution in [0.15, 0.2) is 41.4 Å². The molecule has 4 heteroatoms. The van der Waals surface area contributed by atoms with Crippen molar-refractivity contribution >= 4 is 16.7 Å².